The van der Waals surface area contributed by atoms with Gasteiger partial charge in [0, 0.05) is 5.02 Å². The zero-order valence-electron chi connectivity index (χ0n) is 10.4. The largest absolute Gasteiger partial charge is 0.462 e. The summed E-state index contributed by atoms with van der Waals surface area (Å²) in [4.78, 5) is 15.8. The van der Waals surface area contributed by atoms with Crippen LogP contribution in [0, 0.1) is 11.5 Å². The van der Waals surface area contributed by atoms with Crippen molar-refractivity contribution in [1.29, 1.82) is 5.26 Å². The van der Waals surface area contributed by atoms with Gasteiger partial charge in [-0.2, -0.15) is 5.26 Å². The summed E-state index contributed by atoms with van der Waals surface area (Å²) >= 11 is 7.21. The first kappa shape index (κ1) is 15.3. The van der Waals surface area contributed by atoms with Crippen molar-refractivity contribution in [2.45, 2.75) is 6.92 Å². The molecule has 0 unspecified atom stereocenters. The molecule has 0 aliphatic carbocycles. The summed E-state index contributed by atoms with van der Waals surface area (Å²) in [6, 6.07) is 4.66. The van der Waals surface area contributed by atoms with Crippen LogP contribution in [-0.4, -0.2) is 24.0 Å². The molecule has 0 bridgehead atoms. The first-order valence-electron chi connectivity index (χ1n) is 5.36. The molecule has 100 valence electrons. The van der Waals surface area contributed by atoms with E-state index in [-0.39, 0.29) is 6.61 Å². The third-order valence-corrected chi connectivity index (χ3v) is 2.78. The summed E-state index contributed by atoms with van der Waals surface area (Å²) in [6.07, 6.45) is 3.56. The summed E-state index contributed by atoms with van der Waals surface area (Å²) in [6.45, 7) is 2.01. The van der Waals surface area contributed by atoms with E-state index in [1.165, 1.54) is 17.8 Å². The van der Waals surface area contributed by atoms with Gasteiger partial charge in [0.2, 0.25) is 0 Å². The normalized spacial score (nSPS) is 10.7. The Kier molecular flexibility index (Phi) is 6.19. The molecule has 7 heteroatoms. The minimum absolute atomic E-state index is 0.288. The minimum Gasteiger partial charge on any atom is -0.462 e. The van der Waals surface area contributed by atoms with Crippen LogP contribution in [0.15, 0.2) is 23.2 Å². The van der Waals surface area contributed by atoms with Crippen molar-refractivity contribution >= 4 is 40.2 Å². The van der Waals surface area contributed by atoms with E-state index in [0.717, 1.165) is 0 Å². The molecule has 0 heterocycles. The number of carbonyl (C=O) groups excluding carboxylic acids is 1. The fourth-order valence-corrected chi connectivity index (χ4v) is 1.83. The van der Waals surface area contributed by atoms with E-state index in [4.69, 9.17) is 21.6 Å². The molecule has 1 N–H and O–H groups in total. The number of amidine groups is 1. The number of hydrogen-bond acceptors (Lipinski definition) is 5. The number of hydrogen-bond donors (Lipinski definition) is 1. The summed E-state index contributed by atoms with van der Waals surface area (Å²) in [5.41, 5.74) is 0.799. The molecule has 0 fully saturated rings. The lowest BCUT2D eigenvalue weighted by molar-refractivity contribution is 0.0526. The Morgan fingerprint density at radius 1 is 1.58 bits per heavy atom. The molecule has 0 radical (unpaired) electrons. The topological polar surface area (TPSA) is 74.5 Å². The monoisotopic (exact) mass is 297 g/mol. The Balaban J connectivity index is 3.09. The Labute approximate surface area is 120 Å². The number of nitrogens with one attached hydrogen (secondary N) is 1. The van der Waals surface area contributed by atoms with Crippen LogP contribution in [0.3, 0.4) is 0 Å². The zero-order valence-corrected chi connectivity index (χ0v) is 12.0. The summed E-state index contributed by atoms with van der Waals surface area (Å²) in [5.74, 6) is -0.458. The first-order valence-corrected chi connectivity index (χ1v) is 6.96. The first-order chi connectivity index (χ1) is 9.10. The third-order valence-electron chi connectivity index (χ3n) is 1.98. The van der Waals surface area contributed by atoms with Crippen molar-refractivity contribution in [1.82, 2.24) is 5.32 Å². The Morgan fingerprint density at radius 2 is 2.32 bits per heavy atom. The number of aliphatic imine (C=N–C) groups is 1. The molecule has 1 rings (SSSR count). The van der Waals surface area contributed by atoms with Crippen LogP contribution in [-0.2, 0) is 4.74 Å². The molecule has 0 aliphatic rings. The molecule has 0 spiro atoms. The van der Waals surface area contributed by atoms with Crippen molar-refractivity contribution in [2.75, 3.05) is 12.9 Å². The Bertz CT molecular complexity index is 540. The molecule has 0 saturated heterocycles. The van der Waals surface area contributed by atoms with Gasteiger partial charge in [-0.3, -0.25) is 5.32 Å². The number of carbonyl (C=O) groups is 1. The average molecular weight is 298 g/mol. The van der Waals surface area contributed by atoms with E-state index in [0.29, 0.717) is 21.4 Å². The van der Waals surface area contributed by atoms with E-state index in [1.807, 2.05) is 0 Å². The Hall–Kier alpha value is -1.71. The predicted molar refractivity (Wildman–Crippen MR) is 76.8 cm³/mol. The van der Waals surface area contributed by atoms with Gasteiger partial charge in [-0.25, -0.2) is 9.79 Å². The molecule has 0 amide bonds. The van der Waals surface area contributed by atoms with Gasteiger partial charge >= 0.3 is 5.97 Å². The van der Waals surface area contributed by atoms with Gasteiger partial charge in [0.05, 0.1) is 17.9 Å². The molecule has 0 atom stereocenters. The van der Waals surface area contributed by atoms with Gasteiger partial charge in [0.1, 0.15) is 0 Å². The third kappa shape index (κ3) is 4.81. The van der Waals surface area contributed by atoms with Gasteiger partial charge < -0.3 is 4.74 Å². The van der Waals surface area contributed by atoms with Crippen LogP contribution >= 0.6 is 23.4 Å². The number of rotatable bonds is 3. The van der Waals surface area contributed by atoms with Crippen LogP contribution < -0.4 is 5.32 Å². The molecule has 1 aromatic rings. The van der Waals surface area contributed by atoms with Crippen molar-refractivity contribution in [2.24, 2.45) is 4.99 Å². The Morgan fingerprint density at radius 3 is 2.89 bits per heavy atom. The van der Waals surface area contributed by atoms with E-state index in [2.05, 4.69) is 10.3 Å². The van der Waals surface area contributed by atoms with Crippen molar-refractivity contribution < 1.29 is 9.53 Å². The number of halogens is 1. The maximum atomic E-state index is 11.6. The number of thioether (sulfide) groups is 1. The molecule has 0 aromatic heterocycles. The molecule has 19 heavy (non-hydrogen) atoms. The number of ether oxygens (including phenoxy) is 1. The van der Waals surface area contributed by atoms with Crippen LogP contribution in [0.4, 0.5) is 5.69 Å². The fraction of sp³-hybridized carbons (Fsp3) is 0.250. The van der Waals surface area contributed by atoms with Crippen molar-refractivity contribution in [3.05, 3.63) is 28.8 Å². The van der Waals surface area contributed by atoms with Gasteiger partial charge in [0.15, 0.2) is 11.4 Å². The predicted octanol–water partition coefficient (Wildman–Crippen LogP) is 2.94. The highest BCUT2D eigenvalue weighted by molar-refractivity contribution is 8.13. The SMILES string of the molecule is CCOC(=O)c1cc(Cl)cc(N=C(NC#N)SC)c1. The van der Waals surface area contributed by atoms with E-state index in [1.54, 1.807) is 31.5 Å². The van der Waals surface area contributed by atoms with Crippen molar-refractivity contribution in [3.8, 4) is 6.19 Å². The van der Waals surface area contributed by atoms with Crippen molar-refractivity contribution in [3.63, 3.8) is 0 Å². The van der Waals surface area contributed by atoms with Gasteiger partial charge in [-0.15, -0.1) is 0 Å². The fourth-order valence-electron chi connectivity index (χ4n) is 1.26. The lowest BCUT2D eigenvalue weighted by Crippen LogP contribution is -2.12. The quantitative estimate of drug-likeness (QED) is 0.305. The van der Waals surface area contributed by atoms with E-state index >= 15 is 0 Å². The molecule has 1 aromatic carbocycles. The van der Waals surface area contributed by atoms with Crippen LogP contribution in [0.25, 0.3) is 0 Å². The standard InChI is InChI=1S/C12H12ClN3O2S/c1-3-18-11(17)8-4-9(13)6-10(5-8)16-12(19-2)15-7-14/h4-6H,3H2,1-2H3,(H,15,16). The molecule has 5 nitrogen and oxygen atoms in total. The number of benzene rings is 1. The van der Waals surface area contributed by atoms with Gasteiger partial charge in [-0.05, 0) is 31.4 Å². The second-order valence-corrected chi connectivity index (χ2v) is 4.51. The van der Waals surface area contributed by atoms with Crippen LogP contribution in [0.2, 0.25) is 5.02 Å². The van der Waals surface area contributed by atoms with E-state index < -0.39 is 5.97 Å². The van der Waals surface area contributed by atoms with Gasteiger partial charge in [-0.1, -0.05) is 23.4 Å². The zero-order chi connectivity index (χ0) is 14.3. The minimum atomic E-state index is -0.458. The maximum Gasteiger partial charge on any atom is 0.338 e. The summed E-state index contributed by atoms with van der Waals surface area (Å²) < 4.78 is 4.90. The number of esters is 1. The van der Waals surface area contributed by atoms with Crippen LogP contribution in [0.5, 0.6) is 0 Å². The highest BCUT2D eigenvalue weighted by Gasteiger charge is 2.09. The molecular formula is C12H12ClN3O2S. The summed E-state index contributed by atoms with van der Waals surface area (Å²) in [7, 11) is 0. The number of nitrogens with zero attached hydrogens (tertiary/aromatic N) is 2. The van der Waals surface area contributed by atoms with Crippen LogP contribution in [0.1, 0.15) is 17.3 Å². The smallest absolute Gasteiger partial charge is 0.338 e. The van der Waals surface area contributed by atoms with Gasteiger partial charge in [0.25, 0.3) is 0 Å². The second-order valence-electron chi connectivity index (χ2n) is 3.28. The summed E-state index contributed by atoms with van der Waals surface area (Å²) in [5, 5.41) is 11.8. The second kappa shape index (κ2) is 7.67. The highest BCUT2D eigenvalue weighted by Crippen LogP contribution is 2.23. The lowest BCUT2D eigenvalue weighted by Gasteiger charge is -2.05. The molecule has 0 aliphatic heterocycles. The molecular weight excluding hydrogens is 286 g/mol. The highest BCUT2D eigenvalue weighted by atomic mass is 35.5. The molecule has 0 saturated carbocycles. The van der Waals surface area contributed by atoms with E-state index in [9.17, 15) is 4.79 Å². The lowest BCUT2D eigenvalue weighted by atomic mass is 10.2. The average Bonchev–Trinajstić information content (AvgIpc) is 2.37. The number of nitriles is 1. The maximum absolute atomic E-state index is 11.6.